The summed E-state index contributed by atoms with van der Waals surface area (Å²) >= 11 is 0. The number of hydrogen-bond acceptors (Lipinski definition) is 3. The average molecular weight is 227 g/mol. The van der Waals surface area contributed by atoms with Gasteiger partial charge in [-0.3, -0.25) is 4.57 Å². The lowest BCUT2D eigenvalue weighted by atomic mass is 10.4. The van der Waals surface area contributed by atoms with Crippen molar-refractivity contribution in [3.63, 3.8) is 0 Å². The van der Waals surface area contributed by atoms with Crippen LogP contribution >= 0.6 is 7.60 Å². The molecule has 0 radical (unpaired) electrons. The molecule has 0 saturated heterocycles. The van der Waals surface area contributed by atoms with Crippen LogP contribution in [0.3, 0.4) is 0 Å². The number of carboxylic acids is 1. The smallest absolute Gasteiger partial charge is 0.379 e. The molecule has 84 valence electrons. The Kier molecular flexibility index (Phi) is 4.70. The van der Waals surface area contributed by atoms with Gasteiger partial charge in [-0.1, -0.05) is 6.92 Å². The molecule has 0 aliphatic rings. The Morgan fingerprint density at radius 1 is 1.50 bits per heavy atom. The third kappa shape index (κ3) is 6.06. The summed E-state index contributed by atoms with van der Waals surface area (Å²) in [7, 11) is -4.48. The molecular weight excluding hydrogens is 213 g/mol. The van der Waals surface area contributed by atoms with E-state index in [2.05, 4.69) is 0 Å². The summed E-state index contributed by atoms with van der Waals surface area (Å²) in [4.78, 5) is 27.5. The van der Waals surface area contributed by atoms with Crippen molar-refractivity contribution in [1.29, 1.82) is 0 Å². The molecule has 0 amide bonds. The van der Waals surface area contributed by atoms with E-state index in [9.17, 15) is 14.6 Å². The van der Waals surface area contributed by atoms with Gasteiger partial charge in [-0.2, -0.15) is 0 Å². The summed E-state index contributed by atoms with van der Waals surface area (Å²) < 4.78 is 9.21. The van der Waals surface area contributed by atoms with Crippen LogP contribution in [0.25, 0.3) is 0 Å². The third-order valence-electron chi connectivity index (χ3n) is 1.50. The van der Waals surface area contributed by atoms with E-state index in [1.54, 1.807) is 6.92 Å². The minimum Gasteiger partial charge on any atom is -0.632 e. The predicted octanol–water partition coefficient (Wildman–Crippen LogP) is -0.0692. The molecule has 14 heavy (non-hydrogen) atoms. The maximum atomic E-state index is 11.6. The molecule has 0 rings (SSSR count). The topological polar surface area (TPSA) is 118 Å². The molecule has 0 fully saturated rings. The van der Waals surface area contributed by atoms with Gasteiger partial charge in [0.05, 0.1) is 6.54 Å². The van der Waals surface area contributed by atoms with Gasteiger partial charge in [-0.25, -0.2) is 4.79 Å². The van der Waals surface area contributed by atoms with E-state index in [4.69, 9.17) is 14.9 Å². The minimum absolute atomic E-state index is 0.114. The second-order valence-electron chi connectivity index (χ2n) is 3.14. The van der Waals surface area contributed by atoms with Crippen molar-refractivity contribution in [2.45, 2.75) is 13.3 Å². The lowest BCUT2D eigenvalue weighted by molar-refractivity contribution is -0.862. The summed E-state index contributed by atoms with van der Waals surface area (Å²) in [6, 6.07) is 0. The molecule has 8 heteroatoms. The van der Waals surface area contributed by atoms with E-state index in [1.807, 2.05) is 0 Å². The highest BCUT2D eigenvalue weighted by atomic mass is 31.2. The van der Waals surface area contributed by atoms with E-state index in [1.165, 1.54) is 0 Å². The number of quaternary nitrogens is 1. The van der Waals surface area contributed by atoms with Crippen molar-refractivity contribution in [3.8, 4) is 0 Å². The molecule has 0 aromatic rings. The molecule has 1 atom stereocenters. The highest BCUT2D eigenvalue weighted by molar-refractivity contribution is 7.51. The molecule has 1 unspecified atom stereocenters. The molecule has 0 aromatic heterocycles. The fourth-order valence-corrected chi connectivity index (χ4v) is 2.10. The summed E-state index contributed by atoms with van der Waals surface area (Å²) in [5.41, 5.74) is 0. The molecule has 0 aromatic carbocycles. The maximum Gasteiger partial charge on any atom is 0.379 e. The monoisotopic (exact) mass is 227 g/mol. The van der Waals surface area contributed by atoms with Crippen LogP contribution in [0, 0.1) is 5.21 Å². The molecule has 3 N–H and O–H groups in total. The van der Waals surface area contributed by atoms with Crippen molar-refractivity contribution in [2.24, 2.45) is 0 Å². The Balaban J connectivity index is 4.54. The maximum absolute atomic E-state index is 11.6. The van der Waals surface area contributed by atoms with Crippen LogP contribution in [-0.4, -0.2) is 44.9 Å². The van der Waals surface area contributed by atoms with E-state index < -0.39 is 31.0 Å². The second kappa shape index (κ2) is 4.86. The Labute approximate surface area is 81.3 Å². The van der Waals surface area contributed by atoms with Crippen LogP contribution in [-0.2, 0) is 9.36 Å². The summed E-state index contributed by atoms with van der Waals surface area (Å²) in [5.74, 6) is -1.36. The largest absolute Gasteiger partial charge is 0.632 e. The highest BCUT2D eigenvalue weighted by Gasteiger charge is 2.29. The first kappa shape index (κ1) is 13.5. The Morgan fingerprint density at radius 2 is 2.00 bits per heavy atom. The van der Waals surface area contributed by atoms with E-state index in [-0.39, 0.29) is 6.54 Å². The first-order valence-electron chi connectivity index (χ1n) is 4.02. The van der Waals surface area contributed by atoms with Crippen LogP contribution in [0.2, 0.25) is 0 Å². The molecule has 0 bridgehead atoms. The zero-order valence-electron chi connectivity index (χ0n) is 7.79. The minimum atomic E-state index is -4.48. The molecule has 0 heterocycles. The van der Waals surface area contributed by atoms with Crippen LogP contribution in [0.4, 0.5) is 0 Å². The molecule has 0 aliphatic carbocycles. The zero-order chi connectivity index (χ0) is 11.4. The molecule has 0 saturated carbocycles. The standard InChI is InChI=1S/C6H14NO6P/c1-2-3-7(10,4-6(8)9)5-14(11,12)13/h2-5H2,1H3,(H,8,9)(H2,11,12,13). The van der Waals surface area contributed by atoms with E-state index in [0.717, 1.165) is 0 Å². The summed E-state index contributed by atoms with van der Waals surface area (Å²) in [5, 5.41) is 20.0. The first-order valence-corrected chi connectivity index (χ1v) is 5.82. The zero-order valence-corrected chi connectivity index (χ0v) is 8.68. The van der Waals surface area contributed by atoms with Gasteiger partial charge in [0.25, 0.3) is 0 Å². The molecule has 0 aliphatic heterocycles. The van der Waals surface area contributed by atoms with Gasteiger partial charge < -0.3 is 24.7 Å². The number of aliphatic carboxylic acids is 1. The quantitative estimate of drug-likeness (QED) is 0.332. The summed E-state index contributed by atoms with van der Waals surface area (Å²) in [6.07, 6.45) is -0.607. The fraction of sp³-hybridized carbons (Fsp3) is 0.833. The van der Waals surface area contributed by atoms with Crippen molar-refractivity contribution in [1.82, 2.24) is 0 Å². The van der Waals surface area contributed by atoms with Gasteiger partial charge in [-0.05, 0) is 6.42 Å². The van der Waals surface area contributed by atoms with E-state index >= 15 is 0 Å². The lowest BCUT2D eigenvalue weighted by Crippen LogP contribution is -2.47. The van der Waals surface area contributed by atoms with Crippen LogP contribution in [0.15, 0.2) is 0 Å². The normalized spacial score (nSPS) is 16.3. The molecule has 0 spiro atoms. The van der Waals surface area contributed by atoms with Gasteiger partial charge in [0.2, 0.25) is 0 Å². The fourth-order valence-electron chi connectivity index (χ4n) is 1.19. The third-order valence-corrected chi connectivity index (χ3v) is 2.38. The Bertz CT molecular complexity index is 251. The molecular formula is C6H14NO6P. The predicted molar refractivity (Wildman–Crippen MR) is 48.2 cm³/mol. The number of nitrogens with zero attached hydrogens (tertiary/aromatic N) is 1. The first-order chi connectivity index (χ1) is 6.18. The Hall–Kier alpha value is -0.460. The van der Waals surface area contributed by atoms with Gasteiger partial charge >= 0.3 is 13.6 Å². The van der Waals surface area contributed by atoms with Gasteiger partial charge in [-0.15, -0.1) is 0 Å². The number of hydroxylamine groups is 3. The van der Waals surface area contributed by atoms with Crippen molar-refractivity contribution in [2.75, 3.05) is 19.4 Å². The van der Waals surface area contributed by atoms with Crippen LogP contribution in [0.1, 0.15) is 13.3 Å². The number of carbonyl (C=O) groups is 1. The Morgan fingerprint density at radius 3 is 2.29 bits per heavy atom. The van der Waals surface area contributed by atoms with E-state index in [0.29, 0.717) is 6.42 Å². The lowest BCUT2D eigenvalue weighted by Gasteiger charge is -2.40. The molecule has 7 nitrogen and oxygen atoms in total. The van der Waals surface area contributed by atoms with Crippen molar-refractivity contribution < 1.29 is 28.9 Å². The number of rotatable bonds is 6. The van der Waals surface area contributed by atoms with Crippen molar-refractivity contribution in [3.05, 3.63) is 5.21 Å². The van der Waals surface area contributed by atoms with Crippen LogP contribution in [0.5, 0.6) is 0 Å². The number of hydrogen-bond donors (Lipinski definition) is 3. The van der Waals surface area contributed by atoms with Crippen molar-refractivity contribution >= 4 is 13.6 Å². The SMILES string of the molecule is CCC[N+]([O-])(CC(=O)O)CP(=O)(O)O. The van der Waals surface area contributed by atoms with Gasteiger partial charge in [0.1, 0.15) is 0 Å². The van der Waals surface area contributed by atoms with Crippen LogP contribution < -0.4 is 0 Å². The van der Waals surface area contributed by atoms with Gasteiger partial charge in [0.15, 0.2) is 12.8 Å². The highest BCUT2D eigenvalue weighted by Crippen LogP contribution is 2.37. The number of carboxylic acid groups (broad SMARTS) is 1. The second-order valence-corrected chi connectivity index (χ2v) is 4.75. The average Bonchev–Trinajstić information content (AvgIpc) is 1.78. The van der Waals surface area contributed by atoms with Gasteiger partial charge in [0, 0.05) is 0 Å². The summed E-state index contributed by atoms with van der Waals surface area (Å²) in [6.45, 7) is 0.711.